The van der Waals surface area contributed by atoms with Crippen LogP contribution in [0.1, 0.15) is 23.7 Å². The Morgan fingerprint density at radius 1 is 1.83 bits per heavy atom. The first-order valence-electron chi connectivity index (χ1n) is 3.89. The summed E-state index contributed by atoms with van der Waals surface area (Å²) in [5, 5.41) is 6.23. The van der Waals surface area contributed by atoms with Crippen molar-refractivity contribution in [2.75, 3.05) is 6.54 Å². The fourth-order valence-electron chi connectivity index (χ4n) is 0.966. The van der Waals surface area contributed by atoms with E-state index in [4.69, 9.17) is 6.42 Å². The first-order chi connectivity index (χ1) is 5.77. The van der Waals surface area contributed by atoms with E-state index in [1.54, 1.807) is 11.3 Å². The van der Waals surface area contributed by atoms with E-state index in [1.807, 2.05) is 19.2 Å². The van der Waals surface area contributed by atoms with Crippen LogP contribution in [0.3, 0.4) is 0 Å². The molecule has 0 fully saturated rings. The third-order valence-corrected chi connectivity index (χ3v) is 2.30. The van der Waals surface area contributed by atoms with E-state index in [2.05, 4.69) is 16.2 Å². The molecule has 0 aliphatic carbocycles. The van der Waals surface area contributed by atoms with Crippen LogP contribution in [0, 0.1) is 19.3 Å². The van der Waals surface area contributed by atoms with Gasteiger partial charge in [-0.1, -0.05) is 12.8 Å². The van der Waals surface area contributed by atoms with Gasteiger partial charge < -0.3 is 0 Å². The summed E-state index contributed by atoms with van der Waals surface area (Å²) in [5.74, 6) is 2.67. The lowest BCUT2D eigenvalue weighted by molar-refractivity contribution is 0.651. The minimum atomic E-state index is -0.0278. The molecule has 0 aromatic carbocycles. The number of aryl methyl sites for hydroxylation is 1. The predicted molar refractivity (Wildman–Crippen MR) is 52.1 cm³/mol. The lowest BCUT2D eigenvalue weighted by Gasteiger charge is -2.07. The Morgan fingerprint density at radius 3 is 3.00 bits per heavy atom. The van der Waals surface area contributed by atoms with Gasteiger partial charge in [-0.05, 0) is 13.5 Å². The zero-order valence-electron chi connectivity index (χ0n) is 7.29. The van der Waals surface area contributed by atoms with Crippen LogP contribution in [-0.4, -0.2) is 11.5 Å². The molecule has 3 heteroatoms. The molecule has 1 atom stereocenters. The Labute approximate surface area is 77.0 Å². The molecule has 0 radical (unpaired) electrons. The fourth-order valence-corrected chi connectivity index (χ4v) is 1.60. The summed E-state index contributed by atoms with van der Waals surface area (Å²) in [5.41, 5.74) is 0.960. The molecule has 1 aromatic heterocycles. The van der Waals surface area contributed by atoms with Crippen molar-refractivity contribution < 1.29 is 0 Å². The summed E-state index contributed by atoms with van der Waals surface area (Å²) in [6, 6.07) is -0.0278. The third-order valence-electron chi connectivity index (χ3n) is 1.51. The van der Waals surface area contributed by atoms with Crippen molar-refractivity contribution in [3.05, 3.63) is 16.1 Å². The maximum Gasteiger partial charge on any atom is 0.112 e. The van der Waals surface area contributed by atoms with Gasteiger partial charge in [0.05, 0.1) is 10.7 Å². The van der Waals surface area contributed by atoms with Crippen molar-refractivity contribution in [3.63, 3.8) is 0 Å². The van der Waals surface area contributed by atoms with Gasteiger partial charge in [0.1, 0.15) is 6.04 Å². The van der Waals surface area contributed by atoms with Gasteiger partial charge in [0.15, 0.2) is 0 Å². The van der Waals surface area contributed by atoms with Crippen molar-refractivity contribution in [1.82, 2.24) is 10.3 Å². The molecule has 1 unspecified atom stereocenters. The van der Waals surface area contributed by atoms with Crippen molar-refractivity contribution in [3.8, 4) is 12.3 Å². The average molecular weight is 180 g/mol. The zero-order valence-corrected chi connectivity index (χ0v) is 8.11. The molecular formula is C9H12N2S. The lowest BCUT2D eigenvalue weighted by Crippen LogP contribution is -2.19. The number of hydrogen-bond acceptors (Lipinski definition) is 3. The number of hydrogen-bond donors (Lipinski definition) is 1. The number of nitrogens with zero attached hydrogens (tertiary/aromatic N) is 1. The molecule has 0 aliphatic heterocycles. The minimum Gasteiger partial charge on any atom is -0.299 e. The van der Waals surface area contributed by atoms with Gasteiger partial charge in [0.2, 0.25) is 0 Å². The van der Waals surface area contributed by atoms with Crippen LogP contribution in [0.2, 0.25) is 0 Å². The molecule has 64 valence electrons. The second-order valence-corrected chi connectivity index (χ2v) is 3.51. The topological polar surface area (TPSA) is 24.9 Å². The quantitative estimate of drug-likeness (QED) is 0.717. The van der Waals surface area contributed by atoms with E-state index >= 15 is 0 Å². The molecule has 0 amide bonds. The number of aromatic nitrogens is 1. The predicted octanol–water partition coefficient (Wildman–Crippen LogP) is 1.74. The van der Waals surface area contributed by atoms with E-state index in [1.165, 1.54) is 0 Å². The van der Waals surface area contributed by atoms with E-state index in [0.717, 1.165) is 17.2 Å². The molecule has 12 heavy (non-hydrogen) atoms. The summed E-state index contributed by atoms with van der Waals surface area (Å²) in [7, 11) is 0. The normalized spacial score (nSPS) is 12.4. The molecule has 1 aromatic rings. The van der Waals surface area contributed by atoms with Crippen molar-refractivity contribution >= 4 is 11.3 Å². The summed E-state index contributed by atoms with van der Waals surface area (Å²) in [6.07, 6.45) is 5.35. The SMILES string of the molecule is C#CC(NCC)c1csc(C)n1. The molecule has 2 nitrogen and oxygen atoms in total. The van der Waals surface area contributed by atoms with Gasteiger partial charge in [-0.2, -0.15) is 0 Å². The lowest BCUT2D eigenvalue weighted by atomic mass is 10.2. The van der Waals surface area contributed by atoms with Gasteiger partial charge in [0.25, 0.3) is 0 Å². The van der Waals surface area contributed by atoms with Crippen molar-refractivity contribution in [2.24, 2.45) is 0 Å². The van der Waals surface area contributed by atoms with E-state index in [0.29, 0.717) is 0 Å². The maximum atomic E-state index is 5.35. The molecule has 1 N–H and O–H groups in total. The Bertz CT molecular complexity index is 285. The summed E-state index contributed by atoms with van der Waals surface area (Å²) in [4.78, 5) is 4.31. The Balaban J connectivity index is 2.74. The fraction of sp³-hybridized carbons (Fsp3) is 0.444. The third kappa shape index (κ3) is 2.07. The molecule has 0 saturated heterocycles. The minimum absolute atomic E-state index is 0.0278. The largest absolute Gasteiger partial charge is 0.299 e. The van der Waals surface area contributed by atoms with Gasteiger partial charge in [0, 0.05) is 5.38 Å². The van der Waals surface area contributed by atoms with Crippen LogP contribution in [0.4, 0.5) is 0 Å². The molecule has 0 spiro atoms. The van der Waals surface area contributed by atoms with Gasteiger partial charge in [-0.25, -0.2) is 4.98 Å². The molecule has 1 heterocycles. The van der Waals surface area contributed by atoms with E-state index < -0.39 is 0 Å². The molecule has 0 saturated carbocycles. The smallest absolute Gasteiger partial charge is 0.112 e. The van der Waals surface area contributed by atoms with E-state index in [-0.39, 0.29) is 6.04 Å². The summed E-state index contributed by atoms with van der Waals surface area (Å²) >= 11 is 1.63. The Morgan fingerprint density at radius 2 is 2.58 bits per heavy atom. The van der Waals surface area contributed by atoms with Crippen molar-refractivity contribution in [2.45, 2.75) is 19.9 Å². The van der Waals surface area contributed by atoms with Crippen LogP contribution in [-0.2, 0) is 0 Å². The van der Waals surface area contributed by atoms with Crippen molar-refractivity contribution in [1.29, 1.82) is 0 Å². The highest BCUT2D eigenvalue weighted by molar-refractivity contribution is 7.09. The Hall–Kier alpha value is -0.850. The van der Waals surface area contributed by atoms with Crippen LogP contribution in [0.15, 0.2) is 5.38 Å². The number of rotatable bonds is 3. The Kier molecular flexibility index (Phi) is 3.27. The average Bonchev–Trinajstić information content (AvgIpc) is 2.47. The maximum absolute atomic E-state index is 5.35. The highest BCUT2D eigenvalue weighted by atomic mass is 32.1. The highest BCUT2D eigenvalue weighted by Crippen LogP contribution is 2.14. The van der Waals surface area contributed by atoms with Crippen LogP contribution in [0.5, 0.6) is 0 Å². The monoisotopic (exact) mass is 180 g/mol. The second kappa shape index (κ2) is 4.24. The van der Waals surface area contributed by atoms with Crippen LogP contribution in [0.25, 0.3) is 0 Å². The first kappa shape index (κ1) is 9.24. The number of terminal acetylenes is 1. The van der Waals surface area contributed by atoms with Crippen LogP contribution >= 0.6 is 11.3 Å². The molecule has 1 rings (SSSR count). The number of nitrogens with one attached hydrogen (secondary N) is 1. The summed E-state index contributed by atoms with van der Waals surface area (Å²) < 4.78 is 0. The van der Waals surface area contributed by atoms with Gasteiger partial charge in [-0.15, -0.1) is 17.8 Å². The highest BCUT2D eigenvalue weighted by Gasteiger charge is 2.08. The summed E-state index contributed by atoms with van der Waals surface area (Å²) in [6.45, 7) is 4.88. The van der Waals surface area contributed by atoms with Gasteiger partial charge >= 0.3 is 0 Å². The second-order valence-electron chi connectivity index (χ2n) is 2.45. The number of thiazole rings is 1. The zero-order chi connectivity index (χ0) is 8.97. The van der Waals surface area contributed by atoms with Gasteiger partial charge in [-0.3, -0.25) is 5.32 Å². The standard InChI is InChI=1S/C9H12N2S/c1-4-8(10-5-2)9-6-12-7(3)11-9/h1,6,8,10H,5H2,2-3H3. The molecule has 0 bridgehead atoms. The molecular weight excluding hydrogens is 168 g/mol. The first-order valence-corrected chi connectivity index (χ1v) is 4.77. The van der Waals surface area contributed by atoms with Crippen LogP contribution < -0.4 is 5.32 Å². The molecule has 0 aliphatic rings. The van der Waals surface area contributed by atoms with E-state index in [9.17, 15) is 0 Å².